The van der Waals surface area contributed by atoms with Crippen molar-refractivity contribution in [3.05, 3.63) is 5.01 Å². The molecule has 5 heteroatoms. The van der Waals surface area contributed by atoms with Crippen LogP contribution in [0, 0.1) is 0 Å². The van der Waals surface area contributed by atoms with E-state index in [0.717, 1.165) is 10.1 Å². The number of hydrogen-bond acceptors (Lipinski definition) is 4. The molecule has 0 saturated heterocycles. The fourth-order valence-electron chi connectivity index (χ4n) is 0.955. The minimum atomic E-state index is -0.363. The van der Waals surface area contributed by atoms with E-state index >= 15 is 0 Å². The Morgan fingerprint density at radius 2 is 2.33 bits per heavy atom. The molecule has 12 heavy (non-hydrogen) atoms. The van der Waals surface area contributed by atoms with Gasteiger partial charge in [-0.05, 0) is 12.8 Å². The lowest BCUT2D eigenvalue weighted by Gasteiger charge is -1.93. The Labute approximate surface area is 74.0 Å². The van der Waals surface area contributed by atoms with Crippen LogP contribution in [0.25, 0.3) is 0 Å². The van der Waals surface area contributed by atoms with E-state index in [1.165, 1.54) is 12.8 Å². The molecule has 66 valence electrons. The molecule has 1 heterocycles. The topological polar surface area (TPSA) is 37.8 Å². The van der Waals surface area contributed by atoms with Gasteiger partial charge in [0.05, 0.1) is 0 Å². The number of nitrogens with zero attached hydrogens (tertiary/aromatic N) is 2. The Hall–Kier alpha value is -0.710. The lowest BCUT2D eigenvalue weighted by Crippen LogP contribution is -2.01. The summed E-state index contributed by atoms with van der Waals surface area (Å²) in [6, 6.07) is 0. The van der Waals surface area contributed by atoms with Crippen molar-refractivity contribution in [3.63, 3.8) is 0 Å². The fourth-order valence-corrected chi connectivity index (χ4v) is 1.89. The van der Waals surface area contributed by atoms with Crippen LogP contribution in [0.3, 0.4) is 0 Å². The molecule has 1 fully saturated rings. The molecule has 0 aliphatic heterocycles. The third-order valence-electron chi connectivity index (χ3n) is 1.74. The molecule has 0 aromatic carbocycles. The highest BCUT2D eigenvalue weighted by atomic mass is 32.1. The van der Waals surface area contributed by atoms with Gasteiger partial charge in [0.2, 0.25) is 5.13 Å². The van der Waals surface area contributed by atoms with Crippen molar-refractivity contribution in [1.82, 2.24) is 10.2 Å². The van der Waals surface area contributed by atoms with Crippen molar-refractivity contribution < 1.29 is 4.39 Å². The van der Waals surface area contributed by atoms with Crippen molar-refractivity contribution in [2.45, 2.75) is 18.8 Å². The molecule has 1 aromatic heterocycles. The lowest BCUT2D eigenvalue weighted by molar-refractivity contribution is 0.512. The second-order valence-electron chi connectivity index (χ2n) is 2.84. The monoisotopic (exact) mass is 187 g/mol. The van der Waals surface area contributed by atoms with Crippen LogP contribution in [-0.2, 0) is 0 Å². The van der Waals surface area contributed by atoms with Crippen LogP contribution >= 0.6 is 11.3 Å². The van der Waals surface area contributed by atoms with E-state index in [1.54, 1.807) is 11.3 Å². The van der Waals surface area contributed by atoms with Gasteiger partial charge in [0.1, 0.15) is 11.7 Å². The standard InChI is InChI=1S/C7H10FN3S/c8-3-4-9-7-11-10-6(12-7)5-1-2-5/h5H,1-4H2,(H,9,11). The third kappa shape index (κ3) is 1.72. The predicted octanol–water partition coefficient (Wildman–Crippen LogP) is 1.80. The molecule has 1 saturated carbocycles. The number of halogens is 1. The maximum Gasteiger partial charge on any atom is 0.205 e. The minimum absolute atomic E-state index is 0.333. The van der Waals surface area contributed by atoms with Crippen molar-refractivity contribution >= 4 is 16.5 Å². The normalized spacial score (nSPS) is 16.4. The summed E-state index contributed by atoms with van der Waals surface area (Å²) < 4.78 is 11.8. The van der Waals surface area contributed by atoms with E-state index in [2.05, 4.69) is 15.5 Å². The summed E-state index contributed by atoms with van der Waals surface area (Å²) >= 11 is 1.54. The summed E-state index contributed by atoms with van der Waals surface area (Å²) in [6.07, 6.45) is 2.47. The van der Waals surface area contributed by atoms with E-state index in [0.29, 0.717) is 12.5 Å². The number of nitrogens with one attached hydrogen (secondary N) is 1. The number of aromatic nitrogens is 2. The number of alkyl halides is 1. The first-order chi connectivity index (χ1) is 5.90. The first kappa shape index (κ1) is 7.91. The molecule has 0 radical (unpaired) electrons. The molecule has 0 spiro atoms. The van der Waals surface area contributed by atoms with Crippen LogP contribution in [-0.4, -0.2) is 23.4 Å². The molecule has 3 nitrogen and oxygen atoms in total. The second-order valence-corrected chi connectivity index (χ2v) is 3.84. The largest absolute Gasteiger partial charge is 0.357 e. The molecule has 0 amide bonds. The summed E-state index contributed by atoms with van der Waals surface area (Å²) in [5.74, 6) is 0.642. The molecule has 1 aliphatic carbocycles. The van der Waals surface area contributed by atoms with Crippen LogP contribution in [0.5, 0.6) is 0 Å². The summed E-state index contributed by atoms with van der Waals surface area (Å²) in [5, 5.41) is 12.6. The number of hydrogen-bond donors (Lipinski definition) is 1. The first-order valence-corrected chi connectivity index (χ1v) is 4.85. The van der Waals surface area contributed by atoms with E-state index in [-0.39, 0.29) is 6.67 Å². The van der Waals surface area contributed by atoms with Crippen LogP contribution in [0.2, 0.25) is 0 Å². The zero-order chi connectivity index (χ0) is 8.39. The molecule has 1 aliphatic rings. The van der Waals surface area contributed by atoms with Gasteiger partial charge in [-0.2, -0.15) is 0 Å². The van der Waals surface area contributed by atoms with Crippen molar-refractivity contribution in [2.24, 2.45) is 0 Å². The van der Waals surface area contributed by atoms with Gasteiger partial charge in [-0.3, -0.25) is 0 Å². The Morgan fingerprint density at radius 3 is 3.00 bits per heavy atom. The highest BCUT2D eigenvalue weighted by Gasteiger charge is 2.27. The Kier molecular flexibility index (Phi) is 2.21. The van der Waals surface area contributed by atoms with Gasteiger partial charge in [-0.25, -0.2) is 4.39 Å². The zero-order valence-electron chi connectivity index (χ0n) is 6.59. The average molecular weight is 187 g/mol. The van der Waals surface area contributed by atoms with Gasteiger partial charge in [0.25, 0.3) is 0 Å². The van der Waals surface area contributed by atoms with E-state index in [1.807, 2.05) is 0 Å². The van der Waals surface area contributed by atoms with Gasteiger partial charge in [0.15, 0.2) is 0 Å². The summed E-state index contributed by atoms with van der Waals surface area (Å²) in [4.78, 5) is 0. The highest BCUT2D eigenvalue weighted by molar-refractivity contribution is 7.15. The average Bonchev–Trinajstić information content (AvgIpc) is 2.83. The molecule has 0 bridgehead atoms. The minimum Gasteiger partial charge on any atom is -0.357 e. The fraction of sp³-hybridized carbons (Fsp3) is 0.714. The number of anilines is 1. The Morgan fingerprint density at radius 1 is 1.50 bits per heavy atom. The highest BCUT2D eigenvalue weighted by Crippen LogP contribution is 2.41. The summed E-state index contributed by atoms with van der Waals surface area (Å²) in [6.45, 7) is -0.0301. The lowest BCUT2D eigenvalue weighted by atomic mass is 10.5. The van der Waals surface area contributed by atoms with Crippen LogP contribution in [0.15, 0.2) is 0 Å². The van der Waals surface area contributed by atoms with E-state index in [9.17, 15) is 4.39 Å². The molecular formula is C7H10FN3S. The van der Waals surface area contributed by atoms with Gasteiger partial charge in [-0.15, -0.1) is 10.2 Å². The molecule has 1 aromatic rings. The van der Waals surface area contributed by atoms with Gasteiger partial charge in [-0.1, -0.05) is 11.3 Å². The molecular weight excluding hydrogens is 177 g/mol. The quantitative estimate of drug-likeness (QED) is 0.781. The van der Waals surface area contributed by atoms with E-state index in [4.69, 9.17) is 0 Å². The van der Waals surface area contributed by atoms with E-state index < -0.39 is 0 Å². The van der Waals surface area contributed by atoms with Crippen LogP contribution in [0.1, 0.15) is 23.8 Å². The van der Waals surface area contributed by atoms with Crippen molar-refractivity contribution in [3.8, 4) is 0 Å². The smallest absolute Gasteiger partial charge is 0.205 e. The first-order valence-electron chi connectivity index (χ1n) is 4.03. The summed E-state index contributed by atoms with van der Waals surface area (Å²) in [7, 11) is 0. The van der Waals surface area contributed by atoms with Gasteiger partial charge >= 0.3 is 0 Å². The van der Waals surface area contributed by atoms with Crippen LogP contribution < -0.4 is 5.32 Å². The predicted molar refractivity (Wildman–Crippen MR) is 46.3 cm³/mol. The molecule has 0 atom stereocenters. The zero-order valence-corrected chi connectivity index (χ0v) is 7.40. The maximum atomic E-state index is 11.8. The SMILES string of the molecule is FCCNc1nnc(C2CC2)s1. The Balaban J connectivity index is 1.93. The third-order valence-corrected chi connectivity index (χ3v) is 2.78. The molecule has 0 unspecified atom stereocenters. The van der Waals surface area contributed by atoms with Crippen molar-refractivity contribution in [1.29, 1.82) is 0 Å². The maximum absolute atomic E-state index is 11.8. The van der Waals surface area contributed by atoms with Gasteiger partial charge in [0, 0.05) is 12.5 Å². The summed E-state index contributed by atoms with van der Waals surface area (Å²) in [5.41, 5.74) is 0. The van der Waals surface area contributed by atoms with Gasteiger partial charge < -0.3 is 5.32 Å². The van der Waals surface area contributed by atoms with Crippen LogP contribution in [0.4, 0.5) is 9.52 Å². The molecule has 2 rings (SSSR count). The molecule has 1 N–H and O–H groups in total. The number of rotatable bonds is 4. The van der Waals surface area contributed by atoms with Crippen molar-refractivity contribution in [2.75, 3.05) is 18.5 Å². The Bertz CT molecular complexity index is 259. The second kappa shape index (κ2) is 3.35.